The molecule has 2 amide bonds. The minimum atomic E-state index is -0.273. The summed E-state index contributed by atoms with van der Waals surface area (Å²) in [6.07, 6.45) is 5.36. The van der Waals surface area contributed by atoms with Crippen molar-refractivity contribution in [3.63, 3.8) is 0 Å². The minimum Gasteiger partial charge on any atom is -0.492 e. The second-order valence-electron chi connectivity index (χ2n) is 5.79. The number of benzene rings is 2. The van der Waals surface area contributed by atoms with Gasteiger partial charge in [-0.2, -0.15) is 0 Å². The van der Waals surface area contributed by atoms with E-state index in [1.807, 2.05) is 67.6 Å². The number of carbonyl (C=O) groups excluding carboxylic acids is 2. The maximum absolute atomic E-state index is 12.4. The number of hydrogen-bond acceptors (Lipinski definition) is 4. The molecule has 2 aromatic carbocycles. The van der Waals surface area contributed by atoms with Crippen LogP contribution >= 0.6 is 11.8 Å². The molecule has 1 saturated heterocycles. The van der Waals surface area contributed by atoms with Crippen LogP contribution in [0.4, 0.5) is 4.79 Å². The van der Waals surface area contributed by atoms with E-state index in [4.69, 9.17) is 4.74 Å². The van der Waals surface area contributed by atoms with Crippen LogP contribution < -0.4 is 4.74 Å². The van der Waals surface area contributed by atoms with Crippen LogP contribution in [0.2, 0.25) is 0 Å². The quantitative estimate of drug-likeness (QED) is 0.698. The van der Waals surface area contributed by atoms with Gasteiger partial charge in [0.1, 0.15) is 12.4 Å². The largest absolute Gasteiger partial charge is 0.492 e. The van der Waals surface area contributed by atoms with Gasteiger partial charge in [0.15, 0.2) is 0 Å². The van der Waals surface area contributed by atoms with Gasteiger partial charge in [0.05, 0.1) is 11.4 Å². The second kappa shape index (κ2) is 8.54. The number of hydrogen-bond donors (Lipinski definition) is 0. The zero-order chi connectivity index (χ0) is 18.4. The molecule has 1 fully saturated rings. The first-order valence-electron chi connectivity index (χ1n) is 8.30. The Hall–Kier alpha value is -2.79. The molecule has 0 radical (unpaired) electrons. The molecular weight excluding hydrogens is 346 g/mol. The molecule has 0 unspecified atom stereocenters. The van der Waals surface area contributed by atoms with Crippen LogP contribution in [-0.2, 0) is 4.79 Å². The fourth-order valence-corrected chi connectivity index (χ4v) is 3.29. The maximum atomic E-state index is 12.4. The van der Waals surface area contributed by atoms with Crippen molar-refractivity contribution in [2.75, 3.05) is 13.2 Å². The van der Waals surface area contributed by atoms with E-state index in [-0.39, 0.29) is 24.3 Å². The van der Waals surface area contributed by atoms with Crippen LogP contribution in [-0.4, -0.2) is 29.2 Å². The molecule has 1 aliphatic heterocycles. The predicted octanol–water partition coefficient (Wildman–Crippen LogP) is 4.67. The fourth-order valence-electron chi connectivity index (χ4n) is 2.48. The molecule has 4 nitrogen and oxygen atoms in total. The summed E-state index contributed by atoms with van der Waals surface area (Å²) < 4.78 is 5.63. The van der Waals surface area contributed by atoms with Crippen LogP contribution in [0.15, 0.2) is 71.7 Å². The van der Waals surface area contributed by atoms with Crippen LogP contribution in [0.3, 0.4) is 0 Å². The molecule has 1 heterocycles. The summed E-state index contributed by atoms with van der Waals surface area (Å²) in [5.41, 5.74) is 2.14. The first-order chi connectivity index (χ1) is 12.6. The Morgan fingerprint density at radius 3 is 2.65 bits per heavy atom. The second-order valence-corrected chi connectivity index (χ2v) is 6.78. The van der Waals surface area contributed by atoms with Crippen molar-refractivity contribution in [2.24, 2.45) is 0 Å². The van der Waals surface area contributed by atoms with E-state index in [2.05, 4.69) is 0 Å². The van der Waals surface area contributed by atoms with Gasteiger partial charge in [0.25, 0.3) is 11.1 Å². The number of amides is 2. The Balaban J connectivity index is 1.56. The van der Waals surface area contributed by atoms with E-state index < -0.39 is 0 Å². The SMILES string of the molecule is Cc1cccc(OCCN2C(=O)S/C(=C\C=C\c3ccccc3)C2=O)c1. The number of aryl methyl sites for hydroxylation is 1. The summed E-state index contributed by atoms with van der Waals surface area (Å²) in [6, 6.07) is 17.4. The third kappa shape index (κ3) is 4.64. The molecule has 1 aliphatic rings. The number of ether oxygens (including phenoxy) is 1. The summed E-state index contributed by atoms with van der Waals surface area (Å²) in [5.74, 6) is 0.462. The van der Waals surface area contributed by atoms with Gasteiger partial charge in [-0.3, -0.25) is 14.5 Å². The molecule has 0 N–H and O–H groups in total. The van der Waals surface area contributed by atoms with E-state index in [1.54, 1.807) is 12.2 Å². The zero-order valence-electron chi connectivity index (χ0n) is 14.4. The number of nitrogens with zero attached hydrogens (tertiary/aromatic N) is 1. The highest BCUT2D eigenvalue weighted by atomic mass is 32.2. The number of carbonyl (C=O) groups is 2. The average molecular weight is 365 g/mol. The van der Waals surface area contributed by atoms with E-state index in [0.717, 1.165) is 28.6 Å². The molecule has 0 atom stereocenters. The maximum Gasteiger partial charge on any atom is 0.293 e. The average Bonchev–Trinajstić information content (AvgIpc) is 2.90. The lowest BCUT2D eigenvalue weighted by atomic mass is 10.2. The van der Waals surface area contributed by atoms with Crippen molar-refractivity contribution >= 4 is 29.0 Å². The van der Waals surface area contributed by atoms with Crippen molar-refractivity contribution in [3.05, 3.63) is 82.8 Å². The van der Waals surface area contributed by atoms with E-state index in [0.29, 0.717) is 4.91 Å². The topological polar surface area (TPSA) is 46.6 Å². The number of thioether (sulfide) groups is 1. The number of allylic oxidation sites excluding steroid dienone is 2. The third-order valence-electron chi connectivity index (χ3n) is 3.78. The van der Waals surface area contributed by atoms with Crippen molar-refractivity contribution in [3.8, 4) is 5.75 Å². The van der Waals surface area contributed by atoms with Gasteiger partial charge in [-0.15, -0.1) is 0 Å². The third-order valence-corrected chi connectivity index (χ3v) is 4.71. The van der Waals surface area contributed by atoms with Gasteiger partial charge in [-0.05, 0) is 48.0 Å². The Kier molecular flexibility index (Phi) is 5.92. The molecule has 3 rings (SSSR count). The smallest absolute Gasteiger partial charge is 0.293 e. The van der Waals surface area contributed by atoms with Crippen molar-refractivity contribution < 1.29 is 14.3 Å². The summed E-state index contributed by atoms with van der Waals surface area (Å²) in [6.45, 7) is 2.49. The molecule has 0 saturated carbocycles. The molecule has 5 heteroatoms. The molecule has 0 spiro atoms. The van der Waals surface area contributed by atoms with Crippen molar-refractivity contribution in [1.82, 2.24) is 4.90 Å². The molecule has 0 aromatic heterocycles. The lowest BCUT2D eigenvalue weighted by Gasteiger charge is -2.13. The normalized spacial score (nSPS) is 16.0. The molecule has 26 heavy (non-hydrogen) atoms. The lowest BCUT2D eigenvalue weighted by molar-refractivity contribution is -0.123. The Morgan fingerprint density at radius 1 is 1.08 bits per heavy atom. The lowest BCUT2D eigenvalue weighted by Crippen LogP contribution is -2.32. The highest BCUT2D eigenvalue weighted by Crippen LogP contribution is 2.30. The summed E-state index contributed by atoms with van der Waals surface area (Å²) in [5, 5.41) is -0.262. The highest BCUT2D eigenvalue weighted by Gasteiger charge is 2.34. The fraction of sp³-hybridized carbons (Fsp3) is 0.143. The van der Waals surface area contributed by atoms with Gasteiger partial charge < -0.3 is 4.74 Å². The van der Waals surface area contributed by atoms with Gasteiger partial charge >= 0.3 is 0 Å². The van der Waals surface area contributed by atoms with Gasteiger partial charge in [-0.1, -0.05) is 54.6 Å². The van der Waals surface area contributed by atoms with E-state index in [1.165, 1.54) is 4.90 Å². The minimum absolute atomic E-state index is 0.234. The van der Waals surface area contributed by atoms with Gasteiger partial charge in [0.2, 0.25) is 0 Å². The van der Waals surface area contributed by atoms with Gasteiger partial charge in [-0.25, -0.2) is 0 Å². The predicted molar refractivity (Wildman–Crippen MR) is 105 cm³/mol. The number of imide groups is 1. The molecule has 0 aliphatic carbocycles. The highest BCUT2D eigenvalue weighted by molar-refractivity contribution is 8.18. The monoisotopic (exact) mass is 365 g/mol. The Labute approximate surface area is 157 Å². The van der Waals surface area contributed by atoms with Crippen LogP contribution in [0.5, 0.6) is 5.75 Å². The van der Waals surface area contributed by atoms with E-state index >= 15 is 0 Å². The molecule has 2 aromatic rings. The van der Waals surface area contributed by atoms with E-state index in [9.17, 15) is 9.59 Å². The van der Waals surface area contributed by atoms with Crippen LogP contribution in [0.1, 0.15) is 11.1 Å². The summed E-state index contributed by atoms with van der Waals surface area (Å²) in [7, 11) is 0. The first-order valence-corrected chi connectivity index (χ1v) is 9.12. The van der Waals surface area contributed by atoms with Crippen LogP contribution in [0, 0.1) is 6.92 Å². The van der Waals surface area contributed by atoms with Crippen molar-refractivity contribution in [1.29, 1.82) is 0 Å². The first kappa shape index (κ1) is 18.0. The summed E-state index contributed by atoms with van der Waals surface area (Å²) in [4.78, 5) is 26.1. The molecular formula is C21H19NO3S. The molecule has 132 valence electrons. The zero-order valence-corrected chi connectivity index (χ0v) is 15.2. The summed E-state index contributed by atoms with van der Waals surface area (Å²) >= 11 is 0.957. The molecule has 0 bridgehead atoms. The Bertz CT molecular complexity index is 859. The number of rotatable bonds is 6. The standard InChI is InChI=1S/C21H19NO3S/c1-16-7-5-11-18(15-16)25-14-13-22-20(23)19(26-21(22)24)12-6-10-17-8-3-2-4-9-17/h2-12,15H,13-14H2,1H3/b10-6+,19-12-. The Morgan fingerprint density at radius 2 is 1.88 bits per heavy atom. The van der Waals surface area contributed by atoms with Gasteiger partial charge in [0, 0.05) is 0 Å². The van der Waals surface area contributed by atoms with Crippen molar-refractivity contribution in [2.45, 2.75) is 6.92 Å². The van der Waals surface area contributed by atoms with Crippen LogP contribution in [0.25, 0.3) is 6.08 Å².